The molecule has 0 atom stereocenters. The van der Waals surface area contributed by atoms with E-state index >= 15 is 0 Å². The number of benzene rings is 2. The lowest BCUT2D eigenvalue weighted by Crippen LogP contribution is -2.35. The molecular formula is C21H20N2O6S. The number of imide groups is 1. The summed E-state index contributed by atoms with van der Waals surface area (Å²) in [6.07, 6.45) is 1.41. The summed E-state index contributed by atoms with van der Waals surface area (Å²) in [5, 5.41) is 0.962. The fraction of sp³-hybridized carbons (Fsp3) is 0.190. The number of aryl methyl sites for hydroxylation is 1. The molecule has 9 heteroatoms. The van der Waals surface area contributed by atoms with Crippen LogP contribution in [0.3, 0.4) is 0 Å². The lowest BCUT2D eigenvalue weighted by atomic mass is 10.1. The van der Waals surface area contributed by atoms with Gasteiger partial charge in [0.15, 0.2) is 0 Å². The van der Waals surface area contributed by atoms with Crippen LogP contribution in [0.1, 0.15) is 31.8 Å². The van der Waals surface area contributed by atoms with Crippen molar-refractivity contribution in [2.45, 2.75) is 6.92 Å². The first-order valence-electron chi connectivity index (χ1n) is 9.12. The number of amides is 2. The summed E-state index contributed by atoms with van der Waals surface area (Å²) >= 11 is 0. The molecule has 0 fully saturated rings. The highest BCUT2D eigenvalue weighted by Gasteiger charge is 2.34. The minimum Gasteiger partial charge on any atom is -0.463 e. The van der Waals surface area contributed by atoms with E-state index in [4.69, 9.17) is 4.74 Å². The van der Waals surface area contributed by atoms with Crippen molar-refractivity contribution < 1.29 is 27.5 Å². The van der Waals surface area contributed by atoms with E-state index in [0.717, 1.165) is 15.9 Å². The summed E-state index contributed by atoms with van der Waals surface area (Å²) in [7, 11) is -3.83. The van der Waals surface area contributed by atoms with Crippen molar-refractivity contribution in [2.75, 3.05) is 19.7 Å². The van der Waals surface area contributed by atoms with E-state index in [1.54, 1.807) is 36.4 Å². The van der Waals surface area contributed by atoms with Gasteiger partial charge in [0.1, 0.15) is 13.2 Å². The zero-order valence-electron chi connectivity index (χ0n) is 16.2. The van der Waals surface area contributed by atoms with Crippen molar-refractivity contribution in [1.29, 1.82) is 0 Å². The molecule has 3 rings (SSSR count). The highest BCUT2D eigenvalue weighted by molar-refractivity contribution is 7.92. The zero-order valence-corrected chi connectivity index (χ0v) is 17.0. The lowest BCUT2D eigenvalue weighted by molar-refractivity contribution is -0.142. The van der Waals surface area contributed by atoms with Crippen molar-refractivity contribution in [3.8, 4) is 0 Å². The van der Waals surface area contributed by atoms with Crippen molar-refractivity contribution in [3.63, 3.8) is 0 Å². The smallest absolute Gasteiger partial charge is 0.321 e. The van der Waals surface area contributed by atoms with Crippen molar-refractivity contribution >= 4 is 33.9 Å². The maximum Gasteiger partial charge on any atom is 0.321 e. The van der Waals surface area contributed by atoms with Gasteiger partial charge in [-0.05, 0) is 30.7 Å². The molecule has 1 heterocycles. The molecule has 0 bridgehead atoms. The second kappa shape index (κ2) is 9.02. The van der Waals surface area contributed by atoms with E-state index in [1.807, 2.05) is 19.1 Å². The Morgan fingerprint density at radius 2 is 1.63 bits per heavy atom. The van der Waals surface area contributed by atoms with Crippen LogP contribution in [0.4, 0.5) is 0 Å². The third kappa shape index (κ3) is 5.19. The first-order chi connectivity index (χ1) is 14.3. The predicted molar refractivity (Wildman–Crippen MR) is 110 cm³/mol. The SMILES string of the molecule is Cc1ccc(C=CS(=O)(=O)NCC(=O)OCCN2C(=O)c3ccccc3C2=O)cc1. The Hall–Kier alpha value is -3.30. The number of hydrogen-bond donors (Lipinski definition) is 1. The van der Waals surface area contributed by atoms with Gasteiger partial charge in [-0.3, -0.25) is 19.3 Å². The van der Waals surface area contributed by atoms with Crippen LogP contribution in [0.25, 0.3) is 6.08 Å². The van der Waals surface area contributed by atoms with Gasteiger partial charge >= 0.3 is 5.97 Å². The van der Waals surface area contributed by atoms with E-state index in [0.29, 0.717) is 16.7 Å². The predicted octanol–water partition coefficient (Wildman–Crippen LogP) is 1.72. The monoisotopic (exact) mass is 428 g/mol. The molecule has 8 nitrogen and oxygen atoms in total. The van der Waals surface area contributed by atoms with Gasteiger partial charge in [-0.1, -0.05) is 42.0 Å². The van der Waals surface area contributed by atoms with Crippen molar-refractivity contribution in [3.05, 3.63) is 76.2 Å². The average Bonchev–Trinajstić information content (AvgIpc) is 2.97. The van der Waals surface area contributed by atoms with E-state index in [2.05, 4.69) is 4.72 Å². The fourth-order valence-electron chi connectivity index (χ4n) is 2.80. The van der Waals surface area contributed by atoms with Crippen molar-refractivity contribution in [1.82, 2.24) is 9.62 Å². The number of carbonyl (C=O) groups excluding carboxylic acids is 3. The Labute approximate surface area is 174 Å². The second-order valence-corrected chi connectivity index (χ2v) is 8.26. The molecule has 0 aliphatic carbocycles. The van der Waals surface area contributed by atoms with Gasteiger partial charge in [0.2, 0.25) is 10.0 Å². The Morgan fingerprint density at radius 3 is 2.23 bits per heavy atom. The number of rotatable bonds is 8. The topological polar surface area (TPSA) is 110 Å². The van der Waals surface area contributed by atoms with E-state index in [-0.39, 0.29) is 13.2 Å². The molecule has 0 saturated carbocycles. The summed E-state index contributed by atoms with van der Waals surface area (Å²) in [6.45, 7) is 1.01. The van der Waals surface area contributed by atoms with Crippen LogP contribution in [0.15, 0.2) is 53.9 Å². The molecule has 0 spiro atoms. The van der Waals surface area contributed by atoms with Crippen LogP contribution in [-0.2, 0) is 19.6 Å². The van der Waals surface area contributed by atoms with Crippen LogP contribution >= 0.6 is 0 Å². The summed E-state index contributed by atoms with van der Waals surface area (Å²) in [5.74, 6) is -1.72. The maximum absolute atomic E-state index is 12.2. The normalized spacial score (nSPS) is 13.7. The van der Waals surface area contributed by atoms with Gasteiger partial charge in [-0.2, -0.15) is 0 Å². The Morgan fingerprint density at radius 1 is 1.03 bits per heavy atom. The van der Waals surface area contributed by atoms with Gasteiger partial charge < -0.3 is 4.74 Å². The largest absolute Gasteiger partial charge is 0.463 e. The van der Waals surface area contributed by atoms with Crippen LogP contribution < -0.4 is 4.72 Å². The Bertz CT molecular complexity index is 1070. The summed E-state index contributed by atoms with van der Waals surface area (Å²) < 4.78 is 31.0. The quantitative estimate of drug-likeness (QED) is 0.506. The fourth-order valence-corrected chi connectivity index (χ4v) is 3.55. The van der Waals surface area contributed by atoms with Gasteiger partial charge in [-0.15, -0.1) is 0 Å². The lowest BCUT2D eigenvalue weighted by Gasteiger charge is -2.13. The molecule has 1 aliphatic rings. The number of sulfonamides is 1. The molecular weight excluding hydrogens is 408 g/mol. The van der Waals surface area contributed by atoms with Crippen LogP contribution in [0.2, 0.25) is 0 Å². The Kier molecular flexibility index (Phi) is 6.43. The first kappa shape index (κ1) is 21.4. The van der Waals surface area contributed by atoms with E-state index in [1.165, 1.54) is 6.08 Å². The van der Waals surface area contributed by atoms with Crippen LogP contribution in [0, 0.1) is 6.92 Å². The molecule has 0 unspecified atom stereocenters. The summed E-state index contributed by atoms with van der Waals surface area (Å²) in [4.78, 5) is 37.2. The molecule has 0 radical (unpaired) electrons. The zero-order chi connectivity index (χ0) is 21.7. The molecule has 1 N–H and O–H groups in total. The van der Waals surface area contributed by atoms with Crippen LogP contribution in [0.5, 0.6) is 0 Å². The highest BCUT2D eigenvalue weighted by atomic mass is 32.2. The van der Waals surface area contributed by atoms with Crippen molar-refractivity contribution in [2.24, 2.45) is 0 Å². The number of fused-ring (bicyclic) bond motifs is 1. The molecule has 0 saturated heterocycles. The van der Waals surface area contributed by atoms with Gasteiger partial charge in [0.25, 0.3) is 11.8 Å². The summed E-state index contributed by atoms with van der Waals surface area (Å²) in [6, 6.07) is 13.7. The molecule has 2 aromatic rings. The maximum atomic E-state index is 12.2. The third-order valence-corrected chi connectivity index (χ3v) is 5.43. The minimum absolute atomic E-state index is 0.113. The molecule has 0 aromatic heterocycles. The number of nitrogens with zero attached hydrogens (tertiary/aromatic N) is 1. The number of ether oxygens (including phenoxy) is 1. The second-order valence-electron chi connectivity index (χ2n) is 6.61. The third-order valence-electron chi connectivity index (χ3n) is 4.39. The van der Waals surface area contributed by atoms with E-state index < -0.39 is 34.4 Å². The Balaban J connectivity index is 1.44. The minimum atomic E-state index is -3.83. The number of carbonyl (C=O) groups is 3. The number of esters is 1. The average molecular weight is 428 g/mol. The highest BCUT2D eigenvalue weighted by Crippen LogP contribution is 2.21. The number of hydrogen-bond acceptors (Lipinski definition) is 6. The standard InChI is InChI=1S/C21H20N2O6S/c1-15-6-8-16(9-7-15)10-13-30(27,28)22-14-19(24)29-12-11-23-20(25)17-4-2-3-5-18(17)21(23)26/h2-10,13,22H,11-12,14H2,1H3. The van der Waals surface area contributed by atoms with E-state index in [9.17, 15) is 22.8 Å². The molecule has 156 valence electrons. The van der Waals surface area contributed by atoms with Crippen LogP contribution in [-0.4, -0.2) is 50.8 Å². The molecule has 1 aliphatic heterocycles. The molecule has 30 heavy (non-hydrogen) atoms. The summed E-state index contributed by atoms with van der Waals surface area (Å²) in [5.41, 5.74) is 2.37. The van der Waals surface area contributed by atoms with Gasteiger partial charge in [0, 0.05) is 5.41 Å². The molecule has 2 amide bonds. The number of nitrogens with one attached hydrogen (secondary N) is 1. The molecule has 2 aromatic carbocycles. The van der Waals surface area contributed by atoms with Gasteiger partial charge in [0.05, 0.1) is 17.7 Å². The first-order valence-corrected chi connectivity index (χ1v) is 10.7. The van der Waals surface area contributed by atoms with Gasteiger partial charge in [-0.25, -0.2) is 13.1 Å².